The van der Waals surface area contributed by atoms with Gasteiger partial charge in [0.25, 0.3) is 5.91 Å². The molecule has 0 aliphatic carbocycles. The van der Waals surface area contributed by atoms with Crippen molar-refractivity contribution in [3.8, 4) is 21.7 Å². The number of likely N-dealkylation sites (tertiary alicyclic amines) is 1. The molecule has 6 nitrogen and oxygen atoms in total. The van der Waals surface area contributed by atoms with Gasteiger partial charge in [-0.1, -0.05) is 60.7 Å². The van der Waals surface area contributed by atoms with Gasteiger partial charge in [-0.2, -0.15) is 0 Å². The van der Waals surface area contributed by atoms with Crippen molar-refractivity contribution in [3.63, 3.8) is 0 Å². The molecule has 0 saturated carbocycles. The van der Waals surface area contributed by atoms with Gasteiger partial charge in [0.05, 0.1) is 10.6 Å². The van der Waals surface area contributed by atoms with E-state index in [2.05, 4.69) is 15.2 Å². The van der Waals surface area contributed by atoms with E-state index >= 15 is 0 Å². The Morgan fingerprint density at radius 1 is 1.00 bits per heavy atom. The lowest BCUT2D eigenvalue weighted by Gasteiger charge is -2.37. The Morgan fingerprint density at radius 2 is 1.57 bits per heavy atom. The van der Waals surface area contributed by atoms with Gasteiger partial charge in [-0.15, -0.1) is 11.3 Å². The van der Waals surface area contributed by atoms with E-state index < -0.39 is 17.4 Å². The van der Waals surface area contributed by atoms with E-state index in [-0.39, 0.29) is 5.01 Å². The fourth-order valence-corrected chi connectivity index (χ4v) is 4.65. The minimum Gasteiger partial charge on any atom is -0.480 e. The maximum absolute atomic E-state index is 13.1. The summed E-state index contributed by atoms with van der Waals surface area (Å²) in [6.45, 7) is 1.24. The van der Waals surface area contributed by atoms with Gasteiger partial charge in [-0.25, -0.2) is 9.78 Å². The Balaban J connectivity index is 1.70. The van der Waals surface area contributed by atoms with Crippen LogP contribution in [-0.4, -0.2) is 52.5 Å². The monoisotopic (exact) mass is 421 g/mol. The molecule has 7 heteroatoms. The molecule has 2 heterocycles. The molecule has 0 spiro atoms. The molecule has 0 bridgehead atoms. The van der Waals surface area contributed by atoms with Crippen molar-refractivity contribution < 1.29 is 14.7 Å². The zero-order valence-electron chi connectivity index (χ0n) is 16.7. The Kier molecular flexibility index (Phi) is 5.65. The molecule has 0 atom stereocenters. The number of nitrogens with zero attached hydrogens (tertiary/aromatic N) is 2. The van der Waals surface area contributed by atoms with E-state index in [9.17, 15) is 14.7 Å². The summed E-state index contributed by atoms with van der Waals surface area (Å²) >= 11 is 1.29. The molecule has 0 radical (unpaired) electrons. The molecule has 1 aliphatic heterocycles. The van der Waals surface area contributed by atoms with Gasteiger partial charge < -0.3 is 15.3 Å². The molecule has 0 unspecified atom stereocenters. The number of hydrogen-bond donors (Lipinski definition) is 2. The lowest BCUT2D eigenvalue weighted by atomic mass is 9.87. The van der Waals surface area contributed by atoms with Crippen LogP contribution in [-0.2, 0) is 4.79 Å². The molecule has 1 fully saturated rings. The molecule has 2 N–H and O–H groups in total. The van der Waals surface area contributed by atoms with E-state index in [1.807, 2.05) is 67.7 Å². The number of carboxylic acid groups (broad SMARTS) is 1. The predicted octanol–water partition coefficient (Wildman–Crippen LogP) is 3.76. The van der Waals surface area contributed by atoms with Gasteiger partial charge in [-0.05, 0) is 25.5 Å². The third kappa shape index (κ3) is 3.99. The summed E-state index contributed by atoms with van der Waals surface area (Å²) in [6, 6.07) is 19.5. The number of aromatic nitrogens is 1. The Morgan fingerprint density at radius 3 is 2.13 bits per heavy atom. The fraction of sp³-hybridized carbons (Fsp3) is 0.261. The highest BCUT2D eigenvalue weighted by Crippen LogP contribution is 2.37. The summed E-state index contributed by atoms with van der Waals surface area (Å²) in [5.74, 6) is -1.43. The standard InChI is InChI=1S/C23H23N3O3S/c1-26-14-12-23(13-15-26,22(28)29)25-20(27)21-24-18(16-8-4-2-5-9-16)19(30-21)17-10-6-3-7-11-17/h2-11H,12-15H2,1H3,(H,25,27)(H,28,29). The quantitative estimate of drug-likeness (QED) is 0.656. The minimum atomic E-state index is -1.25. The number of rotatable bonds is 5. The minimum absolute atomic E-state index is 0.271. The van der Waals surface area contributed by atoms with E-state index in [1.54, 1.807) is 0 Å². The molecule has 3 aromatic rings. The molecule has 1 aliphatic rings. The van der Waals surface area contributed by atoms with Gasteiger partial charge in [-0.3, -0.25) is 4.79 Å². The molecule has 30 heavy (non-hydrogen) atoms. The van der Waals surface area contributed by atoms with Crippen molar-refractivity contribution in [2.75, 3.05) is 20.1 Å². The zero-order chi connectivity index (χ0) is 21.1. The first-order chi connectivity index (χ1) is 14.5. The molecule has 1 amide bonds. The second-order valence-electron chi connectivity index (χ2n) is 7.57. The lowest BCUT2D eigenvalue weighted by molar-refractivity contribution is -0.146. The normalized spacial score (nSPS) is 16.2. The van der Waals surface area contributed by atoms with Crippen LogP contribution in [0.4, 0.5) is 0 Å². The zero-order valence-corrected chi connectivity index (χ0v) is 17.5. The van der Waals surface area contributed by atoms with Gasteiger partial charge >= 0.3 is 5.97 Å². The number of aliphatic carboxylic acids is 1. The summed E-state index contributed by atoms with van der Waals surface area (Å²) in [4.78, 5) is 32.7. The van der Waals surface area contributed by atoms with E-state index in [0.717, 1.165) is 21.7 Å². The van der Waals surface area contributed by atoms with Gasteiger partial charge in [0.15, 0.2) is 5.01 Å². The number of thiazole rings is 1. The van der Waals surface area contributed by atoms with E-state index in [4.69, 9.17) is 0 Å². The van der Waals surface area contributed by atoms with Crippen molar-refractivity contribution in [2.45, 2.75) is 18.4 Å². The molecule has 1 saturated heterocycles. The van der Waals surface area contributed by atoms with Crippen LogP contribution >= 0.6 is 11.3 Å². The molecular formula is C23H23N3O3S. The first-order valence-corrected chi connectivity index (χ1v) is 10.7. The second-order valence-corrected chi connectivity index (χ2v) is 8.57. The van der Waals surface area contributed by atoms with Crippen LogP contribution < -0.4 is 5.32 Å². The van der Waals surface area contributed by atoms with Gasteiger partial charge in [0.1, 0.15) is 5.54 Å². The number of amides is 1. The maximum atomic E-state index is 13.1. The number of benzene rings is 2. The van der Waals surface area contributed by atoms with Crippen LogP contribution in [0.3, 0.4) is 0 Å². The summed E-state index contributed by atoms with van der Waals surface area (Å²) in [6.07, 6.45) is 0.736. The fourth-order valence-electron chi connectivity index (χ4n) is 3.66. The van der Waals surface area contributed by atoms with Crippen molar-refractivity contribution in [1.82, 2.24) is 15.2 Å². The number of hydrogen-bond acceptors (Lipinski definition) is 5. The molecule has 154 valence electrons. The first-order valence-electron chi connectivity index (χ1n) is 9.85. The van der Waals surface area contributed by atoms with E-state index in [0.29, 0.717) is 25.9 Å². The molecule has 2 aromatic carbocycles. The van der Waals surface area contributed by atoms with Crippen molar-refractivity contribution in [3.05, 3.63) is 65.7 Å². The Labute approximate surface area is 179 Å². The van der Waals surface area contributed by atoms with Crippen LogP contribution in [0.5, 0.6) is 0 Å². The highest BCUT2D eigenvalue weighted by atomic mass is 32.1. The summed E-state index contributed by atoms with van der Waals surface area (Å²) < 4.78 is 0. The number of nitrogens with one attached hydrogen (secondary N) is 1. The SMILES string of the molecule is CN1CCC(NC(=O)c2nc(-c3ccccc3)c(-c3ccccc3)s2)(C(=O)O)CC1. The average molecular weight is 422 g/mol. The van der Waals surface area contributed by atoms with Crippen LogP contribution in [0.15, 0.2) is 60.7 Å². The highest BCUT2D eigenvalue weighted by molar-refractivity contribution is 7.17. The molecule has 4 rings (SSSR count). The highest BCUT2D eigenvalue weighted by Gasteiger charge is 2.43. The summed E-state index contributed by atoms with van der Waals surface area (Å²) in [5.41, 5.74) is 1.36. The van der Waals surface area contributed by atoms with E-state index in [1.165, 1.54) is 11.3 Å². The first kappa shape index (κ1) is 20.3. The smallest absolute Gasteiger partial charge is 0.329 e. The van der Waals surface area contributed by atoms with Crippen molar-refractivity contribution in [1.29, 1.82) is 0 Å². The van der Waals surface area contributed by atoms with Crippen LogP contribution in [0.1, 0.15) is 22.6 Å². The average Bonchev–Trinajstić information content (AvgIpc) is 3.22. The van der Waals surface area contributed by atoms with Crippen molar-refractivity contribution >= 4 is 23.2 Å². The topological polar surface area (TPSA) is 82.5 Å². The molecule has 1 aromatic heterocycles. The van der Waals surface area contributed by atoms with Crippen LogP contribution in [0, 0.1) is 0 Å². The van der Waals surface area contributed by atoms with Crippen molar-refractivity contribution in [2.24, 2.45) is 0 Å². The number of piperidine rings is 1. The van der Waals surface area contributed by atoms with Crippen LogP contribution in [0.25, 0.3) is 21.7 Å². The second kappa shape index (κ2) is 8.38. The number of carbonyl (C=O) groups is 2. The predicted molar refractivity (Wildman–Crippen MR) is 118 cm³/mol. The third-order valence-corrected chi connectivity index (χ3v) is 6.61. The van der Waals surface area contributed by atoms with Gasteiger partial charge in [0.2, 0.25) is 0 Å². The Hall–Kier alpha value is -3.03. The van der Waals surface area contributed by atoms with Gasteiger partial charge in [0, 0.05) is 18.7 Å². The molecular weight excluding hydrogens is 398 g/mol. The third-order valence-electron chi connectivity index (χ3n) is 5.51. The Bertz CT molecular complexity index is 985. The number of carbonyl (C=O) groups excluding carboxylic acids is 1. The lowest BCUT2D eigenvalue weighted by Crippen LogP contribution is -2.59. The number of carboxylic acids is 1. The summed E-state index contributed by atoms with van der Waals surface area (Å²) in [7, 11) is 1.95. The summed E-state index contributed by atoms with van der Waals surface area (Å²) in [5, 5.41) is 12.9. The van der Waals surface area contributed by atoms with Crippen LogP contribution in [0.2, 0.25) is 0 Å². The largest absolute Gasteiger partial charge is 0.480 e. The maximum Gasteiger partial charge on any atom is 0.329 e.